The van der Waals surface area contributed by atoms with Crippen molar-refractivity contribution in [3.8, 4) is 6.07 Å². The molecule has 5 heteroatoms. The number of nitriles is 1. The highest BCUT2D eigenvalue weighted by atomic mass is 15.3. The Labute approximate surface area is 106 Å². The van der Waals surface area contributed by atoms with Crippen LogP contribution in [0.15, 0.2) is 30.3 Å². The summed E-state index contributed by atoms with van der Waals surface area (Å²) in [5.74, 6) is 0.950. The summed E-state index contributed by atoms with van der Waals surface area (Å²) in [6, 6.07) is 12.0. The van der Waals surface area contributed by atoms with Crippen LogP contribution in [0.3, 0.4) is 0 Å². The minimum atomic E-state index is 0.400. The first-order valence-electron chi connectivity index (χ1n) is 5.80. The van der Waals surface area contributed by atoms with E-state index in [-0.39, 0.29) is 0 Å². The molecule has 0 radical (unpaired) electrons. The molecule has 0 bridgehead atoms. The third-order valence-corrected chi connectivity index (χ3v) is 2.62. The number of nitrogen functional groups attached to an aromatic ring is 1. The Bertz CT molecular complexity index is 565. The molecule has 92 valence electrons. The van der Waals surface area contributed by atoms with Crippen LogP contribution in [0, 0.1) is 11.3 Å². The predicted molar refractivity (Wildman–Crippen MR) is 71.1 cm³/mol. The lowest BCUT2D eigenvalue weighted by molar-refractivity contribution is 0.699. The fourth-order valence-corrected chi connectivity index (χ4v) is 1.75. The van der Waals surface area contributed by atoms with Crippen LogP contribution in [-0.2, 0) is 6.54 Å². The van der Waals surface area contributed by atoms with E-state index >= 15 is 0 Å². The van der Waals surface area contributed by atoms with Gasteiger partial charge >= 0.3 is 0 Å². The van der Waals surface area contributed by atoms with E-state index in [0.29, 0.717) is 30.3 Å². The van der Waals surface area contributed by atoms with Crippen molar-refractivity contribution in [1.29, 1.82) is 5.26 Å². The van der Waals surface area contributed by atoms with Crippen LogP contribution in [0.4, 0.5) is 11.6 Å². The van der Waals surface area contributed by atoms with E-state index in [2.05, 4.69) is 16.5 Å². The molecule has 0 saturated carbocycles. The van der Waals surface area contributed by atoms with Crippen LogP contribution < -0.4 is 11.1 Å². The molecule has 1 heterocycles. The quantitative estimate of drug-likeness (QED) is 0.855. The lowest BCUT2D eigenvalue weighted by Crippen LogP contribution is -2.06. The Morgan fingerprint density at radius 1 is 1.39 bits per heavy atom. The third-order valence-electron chi connectivity index (χ3n) is 2.62. The van der Waals surface area contributed by atoms with Crippen LogP contribution in [0.5, 0.6) is 0 Å². The van der Waals surface area contributed by atoms with Gasteiger partial charge in [-0.2, -0.15) is 10.4 Å². The zero-order chi connectivity index (χ0) is 13.0. The van der Waals surface area contributed by atoms with E-state index in [9.17, 15) is 0 Å². The summed E-state index contributed by atoms with van der Waals surface area (Å²) < 4.78 is 1.64. The van der Waals surface area contributed by atoms with Gasteiger partial charge in [-0.15, -0.1) is 0 Å². The number of nitrogens with zero attached hydrogens (tertiary/aromatic N) is 3. The predicted octanol–water partition coefficient (Wildman–Crippen LogP) is 1.82. The normalized spacial score (nSPS) is 10.0. The second-order valence-electron chi connectivity index (χ2n) is 3.89. The summed E-state index contributed by atoms with van der Waals surface area (Å²) in [7, 11) is 0. The maximum absolute atomic E-state index is 9.08. The smallest absolute Gasteiger partial charge is 0.168 e. The van der Waals surface area contributed by atoms with Gasteiger partial charge in [-0.1, -0.05) is 30.3 Å². The molecular weight excluding hydrogens is 226 g/mol. The molecule has 0 unspecified atom stereocenters. The largest absolute Gasteiger partial charge is 0.383 e. The summed E-state index contributed by atoms with van der Waals surface area (Å²) in [5.41, 5.74) is 7.44. The van der Waals surface area contributed by atoms with Crippen molar-refractivity contribution in [3.63, 3.8) is 0 Å². The highest BCUT2D eigenvalue weighted by Gasteiger charge is 2.14. The molecule has 0 saturated heterocycles. The summed E-state index contributed by atoms with van der Waals surface area (Å²) in [4.78, 5) is 0. The van der Waals surface area contributed by atoms with Gasteiger partial charge in [0.05, 0.1) is 6.54 Å². The molecule has 1 aromatic heterocycles. The molecule has 0 spiro atoms. The summed E-state index contributed by atoms with van der Waals surface area (Å²) in [6.45, 7) is 3.22. The van der Waals surface area contributed by atoms with Gasteiger partial charge in [0, 0.05) is 6.54 Å². The first kappa shape index (κ1) is 12.0. The average molecular weight is 241 g/mol. The van der Waals surface area contributed by atoms with E-state index in [1.54, 1.807) is 4.68 Å². The zero-order valence-electron chi connectivity index (χ0n) is 10.2. The van der Waals surface area contributed by atoms with Crippen LogP contribution in [-0.4, -0.2) is 16.3 Å². The Balaban J connectivity index is 2.32. The van der Waals surface area contributed by atoms with Crippen molar-refractivity contribution in [2.45, 2.75) is 13.5 Å². The molecule has 2 aromatic rings. The first-order chi connectivity index (χ1) is 8.76. The number of aromatic nitrogens is 2. The Hall–Kier alpha value is -2.48. The molecule has 0 aliphatic heterocycles. The topological polar surface area (TPSA) is 79.7 Å². The molecule has 0 amide bonds. The van der Waals surface area contributed by atoms with Gasteiger partial charge in [0.2, 0.25) is 0 Å². The average Bonchev–Trinajstić information content (AvgIpc) is 2.67. The fourth-order valence-electron chi connectivity index (χ4n) is 1.75. The number of rotatable bonds is 4. The van der Waals surface area contributed by atoms with Gasteiger partial charge in [-0.05, 0) is 12.5 Å². The van der Waals surface area contributed by atoms with Gasteiger partial charge in [0.1, 0.15) is 17.5 Å². The molecule has 0 aliphatic carbocycles. The minimum Gasteiger partial charge on any atom is -0.383 e. The highest BCUT2D eigenvalue weighted by molar-refractivity contribution is 5.63. The van der Waals surface area contributed by atoms with Crippen molar-refractivity contribution < 1.29 is 0 Å². The SMILES string of the molecule is CCNc1nn(Cc2ccccc2)c(N)c1C#N. The standard InChI is InChI=1S/C13H15N5/c1-2-16-13-11(8-14)12(15)18(17-13)9-10-6-4-3-5-7-10/h3-7H,2,9,15H2,1H3,(H,16,17). The Morgan fingerprint density at radius 2 is 2.11 bits per heavy atom. The third kappa shape index (κ3) is 2.28. The number of benzene rings is 1. The summed E-state index contributed by atoms with van der Waals surface area (Å²) in [6.07, 6.45) is 0. The number of hydrogen-bond acceptors (Lipinski definition) is 4. The number of nitrogens with two attached hydrogens (primary N) is 1. The first-order valence-corrected chi connectivity index (χ1v) is 5.80. The van der Waals surface area contributed by atoms with Gasteiger partial charge in [0.25, 0.3) is 0 Å². The lowest BCUT2D eigenvalue weighted by atomic mass is 10.2. The Kier molecular flexibility index (Phi) is 3.49. The molecule has 5 nitrogen and oxygen atoms in total. The molecule has 0 fully saturated rings. The van der Waals surface area contributed by atoms with Crippen molar-refractivity contribution in [3.05, 3.63) is 41.5 Å². The highest BCUT2D eigenvalue weighted by Crippen LogP contribution is 2.21. The molecule has 2 rings (SSSR count). The fraction of sp³-hybridized carbons (Fsp3) is 0.231. The van der Waals surface area contributed by atoms with E-state index in [0.717, 1.165) is 5.56 Å². The molecule has 18 heavy (non-hydrogen) atoms. The van der Waals surface area contributed by atoms with Crippen molar-refractivity contribution in [2.24, 2.45) is 0 Å². The van der Waals surface area contributed by atoms with Gasteiger partial charge in [-0.3, -0.25) is 0 Å². The minimum absolute atomic E-state index is 0.400. The molecule has 0 aliphatic rings. The molecular formula is C13H15N5. The second kappa shape index (κ2) is 5.23. The maximum Gasteiger partial charge on any atom is 0.168 e. The van der Waals surface area contributed by atoms with Crippen molar-refractivity contribution in [2.75, 3.05) is 17.6 Å². The zero-order valence-corrected chi connectivity index (χ0v) is 10.2. The number of nitrogens with one attached hydrogen (secondary N) is 1. The van der Waals surface area contributed by atoms with Crippen LogP contribution in [0.2, 0.25) is 0 Å². The number of anilines is 2. The van der Waals surface area contributed by atoms with Crippen molar-refractivity contribution in [1.82, 2.24) is 9.78 Å². The summed E-state index contributed by atoms with van der Waals surface area (Å²) in [5, 5.41) is 16.4. The second-order valence-corrected chi connectivity index (χ2v) is 3.89. The molecule has 0 atom stereocenters. The van der Waals surface area contributed by atoms with Gasteiger partial charge in [0.15, 0.2) is 5.82 Å². The monoisotopic (exact) mass is 241 g/mol. The maximum atomic E-state index is 9.08. The van der Waals surface area contributed by atoms with E-state index in [4.69, 9.17) is 11.0 Å². The number of hydrogen-bond donors (Lipinski definition) is 2. The van der Waals surface area contributed by atoms with Crippen LogP contribution in [0.1, 0.15) is 18.1 Å². The van der Waals surface area contributed by atoms with Crippen LogP contribution >= 0.6 is 0 Å². The summed E-state index contributed by atoms with van der Waals surface area (Å²) >= 11 is 0. The molecule has 1 aromatic carbocycles. The van der Waals surface area contributed by atoms with Gasteiger partial charge in [-0.25, -0.2) is 4.68 Å². The van der Waals surface area contributed by atoms with E-state index in [1.165, 1.54) is 0 Å². The van der Waals surface area contributed by atoms with Gasteiger partial charge < -0.3 is 11.1 Å². The Morgan fingerprint density at radius 3 is 2.72 bits per heavy atom. The van der Waals surface area contributed by atoms with E-state index < -0.39 is 0 Å². The van der Waals surface area contributed by atoms with Crippen LogP contribution in [0.25, 0.3) is 0 Å². The lowest BCUT2D eigenvalue weighted by Gasteiger charge is -2.03. The van der Waals surface area contributed by atoms with Crippen molar-refractivity contribution >= 4 is 11.6 Å². The molecule has 3 N–H and O–H groups in total. The van der Waals surface area contributed by atoms with E-state index in [1.807, 2.05) is 37.3 Å².